The number of carbonyl (C=O) groups excluding carboxylic acids is 1. The summed E-state index contributed by atoms with van der Waals surface area (Å²) in [5.74, 6) is 0. The summed E-state index contributed by atoms with van der Waals surface area (Å²) in [6.07, 6.45) is 2.33. The minimum atomic E-state index is 0.209. The maximum absolute atomic E-state index is 11.4. The molecule has 0 aliphatic carbocycles. The van der Waals surface area contributed by atoms with Crippen molar-refractivity contribution in [3.8, 4) is 17.3 Å². The van der Waals surface area contributed by atoms with Gasteiger partial charge in [-0.05, 0) is 19.1 Å². The number of aromatic nitrogens is 3. The van der Waals surface area contributed by atoms with Gasteiger partial charge in [0.25, 0.3) is 0 Å². The lowest BCUT2D eigenvalue weighted by atomic mass is 10.1. The Balaban J connectivity index is 1.85. The molecule has 2 heterocycles. The molecule has 124 valence electrons. The molecule has 2 aromatic carbocycles. The van der Waals surface area contributed by atoms with Crippen molar-refractivity contribution < 1.29 is 9.21 Å². The quantitative estimate of drug-likeness (QED) is 0.469. The minimum absolute atomic E-state index is 0.209. The molecule has 2 aromatic heterocycles. The van der Waals surface area contributed by atoms with Crippen LogP contribution in [-0.4, -0.2) is 21.1 Å². The van der Waals surface area contributed by atoms with Crippen molar-refractivity contribution in [3.63, 3.8) is 0 Å². The van der Waals surface area contributed by atoms with E-state index in [2.05, 4.69) is 10.1 Å². The number of aryl methyl sites for hydroxylation is 1. The number of rotatable bonds is 3. The molecule has 0 fully saturated rings. The summed E-state index contributed by atoms with van der Waals surface area (Å²) in [5, 5.41) is 5.28. The molecule has 4 aromatic rings. The molecule has 0 atom stereocenters. The SMILES string of the molecule is Cc1ccc(-c2nn(-c3nc4cc(Cl)cc(Cl)c4o3)cc2C=O)cc1. The third kappa shape index (κ3) is 2.81. The maximum atomic E-state index is 11.4. The van der Waals surface area contributed by atoms with Crippen LogP contribution in [-0.2, 0) is 0 Å². The first-order valence-corrected chi connectivity index (χ1v) is 8.18. The Morgan fingerprint density at radius 1 is 1.16 bits per heavy atom. The first-order valence-electron chi connectivity index (χ1n) is 7.43. The van der Waals surface area contributed by atoms with Crippen LogP contribution in [0.3, 0.4) is 0 Å². The average molecular weight is 372 g/mol. The molecule has 0 aliphatic heterocycles. The van der Waals surface area contributed by atoms with Gasteiger partial charge in [0.2, 0.25) is 0 Å². The summed E-state index contributed by atoms with van der Waals surface area (Å²) >= 11 is 12.1. The lowest BCUT2D eigenvalue weighted by Crippen LogP contribution is -1.94. The van der Waals surface area contributed by atoms with Gasteiger partial charge in [0, 0.05) is 16.8 Å². The molecule has 4 rings (SSSR count). The fourth-order valence-corrected chi connectivity index (χ4v) is 3.07. The zero-order valence-corrected chi connectivity index (χ0v) is 14.5. The number of oxazole rings is 1. The minimum Gasteiger partial charge on any atom is -0.420 e. The first-order chi connectivity index (χ1) is 12.0. The highest BCUT2D eigenvalue weighted by molar-refractivity contribution is 6.38. The summed E-state index contributed by atoms with van der Waals surface area (Å²) in [4.78, 5) is 15.8. The van der Waals surface area contributed by atoms with E-state index in [1.165, 1.54) is 4.68 Å². The van der Waals surface area contributed by atoms with Crippen LogP contribution in [0, 0.1) is 6.92 Å². The Morgan fingerprint density at radius 3 is 2.64 bits per heavy atom. The van der Waals surface area contributed by atoms with Crippen LogP contribution in [0.4, 0.5) is 0 Å². The summed E-state index contributed by atoms with van der Waals surface area (Å²) in [6.45, 7) is 2.00. The van der Waals surface area contributed by atoms with Gasteiger partial charge in [-0.2, -0.15) is 14.8 Å². The second-order valence-corrected chi connectivity index (χ2v) is 6.44. The molecule has 0 unspecified atom stereocenters. The van der Waals surface area contributed by atoms with Crippen LogP contribution in [0.25, 0.3) is 28.4 Å². The van der Waals surface area contributed by atoms with Crippen molar-refractivity contribution in [1.29, 1.82) is 0 Å². The predicted octanol–water partition coefficient (Wildman–Crippen LogP) is 5.11. The summed E-state index contributed by atoms with van der Waals surface area (Å²) in [7, 11) is 0. The number of carbonyl (C=O) groups is 1. The van der Waals surface area contributed by atoms with Gasteiger partial charge in [-0.3, -0.25) is 4.79 Å². The van der Waals surface area contributed by atoms with Gasteiger partial charge in [0.05, 0.1) is 10.6 Å². The number of aldehydes is 1. The van der Waals surface area contributed by atoms with E-state index >= 15 is 0 Å². The van der Waals surface area contributed by atoms with E-state index in [1.54, 1.807) is 18.3 Å². The van der Waals surface area contributed by atoms with Gasteiger partial charge in [-0.15, -0.1) is 0 Å². The highest BCUT2D eigenvalue weighted by Gasteiger charge is 2.16. The van der Waals surface area contributed by atoms with Gasteiger partial charge < -0.3 is 4.42 Å². The zero-order valence-electron chi connectivity index (χ0n) is 13.0. The third-order valence-electron chi connectivity index (χ3n) is 3.79. The molecule has 0 N–H and O–H groups in total. The van der Waals surface area contributed by atoms with Gasteiger partial charge in [-0.1, -0.05) is 53.0 Å². The standard InChI is InChI=1S/C18H11Cl2N3O2/c1-10-2-4-11(5-3-10)16-12(9-24)8-23(22-16)18-21-15-7-13(19)6-14(20)17(15)25-18/h2-9H,1H3. The van der Waals surface area contributed by atoms with E-state index < -0.39 is 0 Å². The van der Waals surface area contributed by atoms with Gasteiger partial charge in [0.15, 0.2) is 11.9 Å². The van der Waals surface area contributed by atoms with Gasteiger partial charge in [0.1, 0.15) is 11.2 Å². The predicted molar refractivity (Wildman–Crippen MR) is 96.7 cm³/mol. The van der Waals surface area contributed by atoms with Crippen molar-refractivity contribution in [2.75, 3.05) is 0 Å². The molecule has 0 saturated carbocycles. The van der Waals surface area contributed by atoms with E-state index in [0.29, 0.717) is 32.4 Å². The number of hydrogen-bond donors (Lipinski definition) is 0. The second-order valence-electron chi connectivity index (χ2n) is 5.59. The van der Waals surface area contributed by atoms with Crippen molar-refractivity contribution >= 4 is 40.6 Å². The fourth-order valence-electron chi connectivity index (χ4n) is 2.55. The zero-order chi connectivity index (χ0) is 17.6. The topological polar surface area (TPSA) is 60.9 Å². The summed E-state index contributed by atoms with van der Waals surface area (Å²) < 4.78 is 7.11. The number of benzene rings is 2. The molecule has 7 heteroatoms. The third-order valence-corrected chi connectivity index (χ3v) is 4.29. The van der Waals surface area contributed by atoms with Crippen LogP contribution in [0.1, 0.15) is 15.9 Å². The molecule has 0 bridgehead atoms. The Hall–Kier alpha value is -2.63. The van der Waals surface area contributed by atoms with Crippen LogP contribution in [0.15, 0.2) is 47.0 Å². The van der Waals surface area contributed by atoms with Gasteiger partial charge in [-0.25, -0.2) is 0 Å². The van der Waals surface area contributed by atoms with Crippen molar-refractivity contribution in [3.05, 3.63) is 63.8 Å². The number of halogens is 2. The number of fused-ring (bicyclic) bond motifs is 1. The lowest BCUT2D eigenvalue weighted by Gasteiger charge is -1.98. The molecular weight excluding hydrogens is 361 g/mol. The summed E-state index contributed by atoms with van der Waals surface area (Å²) in [5.41, 5.74) is 3.90. The average Bonchev–Trinajstić information content (AvgIpc) is 3.19. The molecule has 0 radical (unpaired) electrons. The molecule has 0 amide bonds. The van der Waals surface area contributed by atoms with Crippen LogP contribution in [0.5, 0.6) is 0 Å². The smallest absolute Gasteiger partial charge is 0.323 e. The van der Waals surface area contributed by atoms with E-state index in [0.717, 1.165) is 17.4 Å². The Kier molecular flexibility index (Phi) is 3.82. The monoisotopic (exact) mass is 371 g/mol. The molecule has 0 saturated heterocycles. The van der Waals surface area contributed by atoms with E-state index in [1.807, 2.05) is 31.2 Å². The van der Waals surface area contributed by atoms with E-state index in [4.69, 9.17) is 27.6 Å². The lowest BCUT2D eigenvalue weighted by molar-refractivity contribution is 0.112. The normalized spacial score (nSPS) is 11.2. The molecule has 25 heavy (non-hydrogen) atoms. The van der Waals surface area contributed by atoms with Gasteiger partial charge >= 0.3 is 6.01 Å². The highest BCUT2D eigenvalue weighted by Crippen LogP contribution is 2.30. The molecule has 0 spiro atoms. The molecule has 0 aliphatic rings. The van der Waals surface area contributed by atoms with E-state index in [9.17, 15) is 4.79 Å². The highest BCUT2D eigenvalue weighted by atomic mass is 35.5. The fraction of sp³-hybridized carbons (Fsp3) is 0.0556. The largest absolute Gasteiger partial charge is 0.420 e. The van der Waals surface area contributed by atoms with Crippen molar-refractivity contribution in [2.24, 2.45) is 0 Å². The second kappa shape index (κ2) is 6.02. The van der Waals surface area contributed by atoms with E-state index in [-0.39, 0.29) is 6.01 Å². The Labute approximate surface area is 152 Å². The molecule has 5 nitrogen and oxygen atoms in total. The Bertz CT molecular complexity index is 1100. The van der Waals surface area contributed by atoms with Crippen LogP contribution in [0.2, 0.25) is 10.0 Å². The number of hydrogen-bond acceptors (Lipinski definition) is 4. The summed E-state index contributed by atoms with van der Waals surface area (Å²) in [6, 6.07) is 11.2. The maximum Gasteiger partial charge on any atom is 0.323 e. The number of nitrogens with zero attached hydrogens (tertiary/aromatic N) is 3. The first kappa shape index (κ1) is 15.9. The van der Waals surface area contributed by atoms with Crippen molar-refractivity contribution in [1.82, 2.24) is 14.8 Å². The van der Waals surface area contributed by atoms with Crippen molar-refractivity contribution in [2.45, 2.75) is 6.92 Å². The van der Waals surface area contributed by atoms with Crippen LogP contribution >= 0.6 is 23.2 Å². The van der Waals surface area contributed by atoms with Crippen LogP contribution < -0.4 is 0 Å². The molecular formula is C18H11Cl2N3O2. The Morgan fingerprint density at radius 2 is 1.92 bits per heavy atom.